The van der Waals surface area contributed by atoms with Crippen LogP contribution in [0.1, 0.15) is 32.1 Å². The number of nitrogens with zero attached hydrogens (tertiary/aromatic N) is 3. The summed E-state index contributed by atoms with van der Waals surface area (Å²) >= 11 is 0. The van der Waals surface area contributed by atoms with Crippen molar-refractivity contribution >= 4 is 11.7 Å². The van der Waals surface area contributed by atoms with Crippen LogP contribution in [0, 0.1) is 0 Å². The van der Waals surface area contributed by atoms with Crippen LogP contribution >= 0.6 is 0 Å². The van der Waals surface area contributed by atoms with Gasteiger partial charge in [0.2, 0.25) is 5.91 Å². The van der Waals surface area contributed by atoms with Gasteiger partial charge in [-0.2, -0.15) is 9.90 Å². The number of amides is 1. The van der Waals surface area contributed by atoms with Crippen molar-refractivity contribution in [1.82, 2.24) is 20.3 Å². The molecule has 1 aromatic rings. The Morgan fingerprint density at radius 2 is 2.25 bits per heavy atom. The number of carbonyl (C=O) groups excluding carboxylic acids is 1. The minimum Gasteiger partial charge on any atom is -0.381 e. The smallest absolute Gasteiger partial charge is 0.243 e. The fraction of sp³-hybridized carbons (Fsp3) is 0.700. The molecule has 1 saturated carbocycles. The van der Waals surface area contributed by atoms with Crippen LogP contribution in [0.2, 0.25) is 0 Å². The molecule has 88 valence electrons. The molecule has 0 atom stereocenters. The molecule has 6 heteroatoms. The van der Waals surface area contributed by atoms with E-state index in [4.69, 9.17) is 5.73 Å². The van der Waals surface area contributed by atoms with E-state index in [0.29, 0.717) is 11.9 Å². The summed E-state index contributed by atoms with van der Waals surface area (Å²) in [6, 6.07) is 0.328. The Morgan fingerprint density at radius 3 is 2.88 bits per heavy atom. The van der Waals surface area contributed by atoms with Gasteiger partial charge in [0.1, 0.15) is 6.54 Å². The molecule has 3 N–H and O–H groups in total. The average molecular weight is 223 g/mol. The third kappa shape index (κ3) is 2.95. The van der Waals surface area contributed by atoms with Crippen LogP contribution in [0.5, 0.6) is 0 Å². The number of hydrogen-bond acceptors (Lipinski definition) is 4. The zero-order chi connectivity index (χ0) is 11.4. The average Bonchev–Trinajstić information content (AvgIpc) is 2.65. The maximum absolute atomic E-state index is 11.6. The highest BCUT2D eigenvalue weighted by Crippen LogP contribution is 2.17. The molecule has 1 fully saturated rings. The molecule has 0 radical (unpaired) electrons. The van der Waals surface area contributed by atoms with Gasteiger partial charge in [0.25, 0.3) is 0 Å². The van der Waals surface area contributed by atoms with E-state index in [2.05, 4.69) is 15.5 Å². The number of rotatable bonds is 3. The Balaban J connectivity index is 1.79. The molecule has 0 aliphatic heterocycles. The van der Waals surface area contributed by atoms with Crippen molar-refractivity contribution in [3.8, 4) is 0 Å². The zero-order valence-corrected chi connectivity index (χ0v) is 9.22. The van der Waals surface area contributed by atoms with Gasteiger partial charge >= 0.3 is 0 Å². The first-order valence-corrected chi connectivity index (χ1v) is 5.69. The number of carbonyl (C=O) groups is 1. The molecule has 2 rings (SSSR count). The summed E-state index contributed by atoms with van der Waals surface area (Å²) in [4.78, 5) is 13.0. The quantitative estimate of drug-likeness (QED) is 0.772. The first-order valence-electron chi connectivity index (χ1n) is 5.69. The van der Waals surface area contributed by atoms with Gasteiger partial charge < -0.3 is 11.1 Å². The molecule has 1 heterocycles. The Morgan fingerprint density at radius 1 is 1.50 bits per heavy atom. The number of anilines is 1. The van der Waals surface area contributed by atoms with Crippen LogP contribution in [0.15, 0.2) is 6.20 Å². The van der Waals surface area contributed by atoms with Crippen molar-refractivity contribution in [2.24, 2.45) is 0 Å². The summed E-state index contributed by atoms with van der Waals surface area (Å²) in [7, 11) is 0. The van der Waals surface area contributed by atoms with E-state index in [0.717, 1.165) is 12.8 Å². The van der Waals surface area contributed by atoms with Gasteiger partial charge in [0.15, 0.2) is 5.82 Å². The lowest BCUT2D eigenvalue weighted by atomic mass is 9.95. The van der Waals surface area contributed by atoms with Gasteiger partial charge in [-0.3, -0.25) is 4.79 Å². The molecule has 1 aliphatic rings. The van der Waals surface area contributed by atoms with Gasteiger partial charge in [-0.05, 0) is 12.8 Å². The standard InChI is InChI=1S/C10H17N5O/c11-9-6-12-15(14-9)7-10(16)13-8-4-2-1-3-5-8/h6,8H,1-5,7H2,(H2,11,14)(H,13,16). The topological polar surface area (TPSA) is 85.8 Å². The first-order chi connectivity index (χ1) is 7.74. The van der Waals surface area contributed by atoms with Crippen molar-refractivity contribution in [3.63, 3.8) is 0 Å². The van der Waals surface area contributed by atoms with Gasteiger partial charge in [0, 0.05) is 6.04 Å². The van der Waals surface area contributed by atoms with Crippen LogP contribution in [-0.2, 0) is 11.3 Å². The van der Waals surface area contributed by atoms with E-state index in [9.17, 15) is 4.79 Å². The third-order valence-corrected chi connectivity index (χ3v) is 2.81. The fourth-order valence-corrected chi connectivity index (χ4v) is 2.04. The maximum Gasteiger partial charge on any atom is 0.243 e. The largest absolute Gasteiger partial charge is 0.381 e. The van der Waals surface area contributed by atoms with Crippen LogP contribution in [-0.4, -0.2) is 26.9 Å². The van der Waals surface area contributed by atoms with Crippen molar-refractivity contribution in [2.75, 3.05) is 5.73 Å². The van der Waals surface area contributed by atoms with E-state index < -0.39 is 0 Å². The summed E-state index contributed by atoms with van der Waals surface area (Å²) in [6.45, 7) is 0.147. The highest BCUT2D eigenvalue weighted by molar-refractivity contribution is 5.75. The minimum absolute atomic E-state index is 0.0394. The molecule has 6 nitrogen and oxygen atoms in total. The van der Waals surface area contributed by atoms with E-state index in [1.807, 2.05) is 0 Å². The molecule has 0 unspecified atom stereocenters. The molecule has 1 amide bonds. The lowest BCUT2D eigenvalue weighted by Crippen LogP contribution is -2.38. The van der Waals surface area contributed by atoms with Gasteiger partial charge in [-0.25, -0.2) is 0 Å². The molecule has 16 heavy (non-hydrogen) atoms. The Kier molecular flexibility index (Phi) is 3.38. The minimum atomic E-state index is -0.0394. The number of nitrogen functional groups attached to an aromatic ring is 1. The SMILES string of the molecule is Nc1cnn(CC(=O)NC2CCCCC2)n1. The molecule has 0 bridgehead atoms. The fourth-order valence-electron chi connectivity index (χ4n) is 2.04. The predicted octanol–water partition coefficient (Wildman–Crippen LogP) is 0.309. The molecule has 0 spiro atoms. The molecule has 1 aromatic heterocycles. The summed E-state index contributed by atoms with van der Waals surface area (Å²) < 4.78 is 0. The van der Waals surface area contributed by atoms with Gasteiger partial charge in [-0.15, -0.1) is 5.10 Å². The van der Waals surface area contributed by atoms with Gasteiger partial charge in [0.05, 0.1) is 6.20 Å². The Hall–Kier alpha value is -1.59. The van der Waals surface area contributed by atoms with Crippen LogP contribution in [0.4, 0.5) is 5.82 Å². The summed E-state index contributed by atoms with van der Waals surface area (Å²) in [6.07, 6.45) is 7.30. The van der Waals surface area contributed by atoms with Crippen molar-refractivity contribution < 1.29 is 4.79 Å². The van der Waals surface area contributed by atoms with E-state index in [1.165, 1.54) is 30.3 Å². The highest BCUT2D eigenvalue weighted by atomic mass is 16.2. The maximum atomic E-state index is 11.6. The lowest BCUT2D eigenvalue weighted by Gasteiger charge is -2.22. The zero-order valence-electron chi connectivity index (χ0n) is 9.22. The number of nitrogens with one attached hydrogen (secondary N) is 1. The number of hydrogen-bond donors (Lipinski definition) is 2. The van der Waals surface area contributed by atoms with Crippen molar-refractivity contribution in [3.05, 3.63) is 6.20 Å². The van der Waals surface area contributed by atoms with E-state index in [1.54, 1.807) is 0 Å². The highest BCUT2D eigenvalue weighted by Gasteiger charge is 2.16. The predicted molar refractivity (Wildman–Crippen MR) is 59.5 cm³/mol. The molecule has 0 saturated heterocycles. The molecule has 1 aliphatic carbocycles. The molecular weight excluding hydrogens is 206 g/mol. The molecule has 0 aromatic carbocycles. The van der Waals surface area contributed by atoms with Gasteiger partial charge in [-0.1, -0.05) is 19.3 Å². The van der Waals surface area contributed by atoms with Crippen molar-refractivity contribution in [2.45, 2.75) is 44.7 Å². The van der Waals surface area contributed by atoms with Crippen LogP contribution in [0.25, 0.3) is 0 Å². The van der Waals surface area contributed by atoms with E-state index >= 15 is 0 Å². The van der Waals surface area contributed by atoms with Crippen LogP contribution in [0.3, 0.4) is 0 Å². The number of aromatic nitrogens is 3. The Labute approximate surface area is 94.2 Å². The molecular formula is C10H17N5O. The summed E-state index contributed by atoms with van der Waals surface area (Å²) in [5, 5.41) is 10.7. The van der Waals surface area contributed by atoms with E-state index in [-0.39, 0.29) is 12.5 Å². The Bertz CT molecular complexity index is 356. The first kappa shape index (κ1) is 10.9. The van der Waals surface area contributed by atoms with Crippen molar-refractivity contribution in [1.29, 1.82) is 0 Å². The summed E-state index contributed by atoms with van der Waals surface area (Å²) in [5.41, 5.74) is 5.41. The summed E-state index contributed by atoms with van der Waals surface area (Å²) in [5.74, 6) is 0.299. The van der Waals surface area contributed by atoms with Crippen LogP contribution < -0.4 is 11.1 Å². The normalized spacial score (nSPS) is 17.2. The third-order valence-electron chi connectivity index (χ3n) is 2.81. The monoisotopic (exact) mass is 223 g/mol. The lowest BCUT2D eigenvalue weighted by molar-refractivity contribution is -0.123. The second kappa shape index (κ2) is 4.96. The second-order valence-electron chi connectivity index (χ2n) is 4.20. The second-order valence-corrected chi connectivity index (χ2v) is 4.20. The number of nitrogens with two attached hydrogens (primary N) is 1.